The number of carboxylic acids is 1. The number of piperidine rings is 1. The lowest BCUT2D eigenvalue weighted by atomic mass is 9.76. The monoisotopic (exact) mass is 287 g/mol. The van der Waals surface area contributed by atoms with Gasteiger partial charge in [-0.05, 0) is 31.4 Å². The van der Waals surface area contributed by atoms with Gasteiger partial charge in [0.15, 0.2) is 0 Å². The molecule has 21 heavy (non-hydrogen) atoms. The average Bonchev–Trinajstić information content (AvgIpc) is 2.49. The number of hydrogen-bond acceptors (Lipinski definition) is 2. The van der Waals surface area contributed by atoms with E-state index >= 15 is 0 Å². The van der Waals surface area contributed by atoms with Gasteiger partial charge in [0.25, 0.3) is 0 Å². The molecule has 1 N–H and O–H groups in total. The van der Waals surface area contributed by atoms with Crippen molar-refractivity contribution in [1.82, 2.24) is 4.90 Å². The van der Waals surface area contributed by atoms with Crippen molar-refractivity contribution in [3.05, 3.63) is 42.0 Å². The fourth-order valence-electron chi connectivity index (χ4n) is 3.25. The van der Waals surface area contributed by atoms with Crippen molar-refractivity contribution >= 4 is 12.0 Å². The molecule has 3 nitrogen and oxygen atoms in total. The SMILES string of the molecule is CCCC1(C(=O)O)CCCN(CC=Cc2ccccc2)C1. The number of carbonyl (C=O) groups is 1. The highest BCUT2D eigenvalue weighted by atomic mass is 16.4. The number of likely N-dealkylation sites (tertiary alicyclic amines) is 1. The summed E-state index contributed by atoms with van der Waals surface area (Å²) >= 11 is 0. The molecule has 1 atom stereocenters. The summed E-state index contributed by atoms with van der Waals surface area (Å²) in [5.74, 6) is -0.624. The van der Waals surface area contributed by atoms with Gasteiger partial charge in [-0.1, -0.05) is 55.8 Å². The van der Waals surface area contributed by atoms with Gasteiger partial charge < -0.3 is 5.11 Å². The highest BCUT2D eigenvalue weighted by Crippen LogP contribution is 2.34. The topological polar surface area (TPSA) is 40.5 Å². The lowest BCUT2D eigenvalue weighted by molar-refractivity contribution is -0.153. The van der Waals surface area contributed by atoms with Crippen LogP contribution in [-0.2, 0) is 4.79 Å². The van der Waals surface area contributed by atoms with Gasteiger partial charge >= 0.3 is 5.97 Å². The van der Waals surface area contributed by atoms with Crippen LogP contribution in [0.2, 0.25) is 0 Å². The van der Waals surface area contributed by atoms with Gasteiger partial charge in [-0.3, -0.25) is 9.69 Å². The van der Waals surface area contributed by atoms with Crippen LogP contribution in [0.1, 0.15) is 38.2 Å². The Morgan fingerprint density at radius 1 is 1.38 bits per heavy atom. The Morgan fingerprint density at radius 2 is 2.14 bits per heavy atom. The molecule has 1 aliphatic heterocycles. The van der Waals surface area contributed by atoms with Crippen LogP contribution in [0.3, 0.4) is 0 Å². The quantitative estimate of drug-likeness (QED) is 0.868. The van der Waals surface area contributed by atoms with Crippen LogP contribution in [0, 0.1) is 5.41 Å². The minimum atomic E-state index is -0.624. The predicted molar refractivity (Wildman–Crippen MR) is 86.1 cm³/mol. The van der Waals surface area contributed by atoms with Crippen molar-refractivity contribution in [2.24, 2.45) is 5.41 Å². The predicted octanol–water partition coefficient (Wildman–Crippen LogP) is 3.67. The molecular weight excluding hydrogens is 262 g/mol. The molecule has 0 amide bonds. The standard InChI is InChI=1S/C18H25NO2/c1-2-11-18(17(20)21)12-7-14-19(15-18)13-6-10-16-8-4-3-5-9-16/h3-6,8-10H,2,7,11-15H2,1H3,(H,20,21). The second-order valence-corrected chi connectivity index (χ2v) is 5.99. The summed E-state index contributed by atoms with van der Waals surface area (Å²) in [5.41, 5.74) is 0.653. The van der Waals surface area contributed by atoms with Crippen LogP contribution >= 0.6 is 0 Å². The Morgan fingerprint density at radius 3 is 2.81 bits per heavy atom. The van der Waals surface area contributed by atoms with Gasteiger partial charge in [0.1, 0.15) is 0 Å². The van der Waals surface area contributed by atoms with Crippen LogP contribution < -0.4 is 0 Å². The van der Waals surface area contributed by atoms with E-state index in [1.807, 2.05) is 18.2 Å². The number of benzene rings is 1. The summed E-state index contributed by atoms with van der Waals surface area (Å²) < 4.78 is 0. The van der Waals surface area contributed by atoms with Gasteiger partial charge in [0, 0.05) is 13.1 Å². The van der Waals surface area contributed by atoms with Crippen molar-refractivity contribution in [1.29, 1.82) is 0 Å². The number of nitrogens with zero attached hydrogens (tertiary/aromatic N) is 1. The molecule has 1 aromatic carbocycles. The van der Waals surface area contributed by atoms with Crippen LogP contribution in [-0.4, -0.2) is 35.6 Å². The first-order valence-electron chi connectivity index (χ1n) is 7.84. The molecule has 0 bridgehead atoms. The van der Waals surface area contributed by atoms with E-state index in [1.54, 1.807) is 0 Å². The molecule has 3 heteroatoms. The average molecular weight is 287 g/mol. The molecule has 0 radical (unpaired) electrons. The van der Waals surface area contributed by atoms with Gasteiger partial charge in [-0.2, -0.15) is 0 Å². The molecule has 0 saturated carbocycles. The van der Waals surface area contributed by atoms with Gasteiger partial charge in [-0.15, -0.1) is 0 Å². The summed E-state index contributed by atoms with van der Waals surface area (Å²) in [4.78, 5) is 13.9. The van der Waals surface area contributed by atoms with Crippen molar-refractivity contribution in [3.8, 4) is 0 Å². The van der Waals surface area contributed by atoms with E-state index in [4.69, 9.17) is 0 Å². The van der Waals surface area contributed by atoms with E-state index in [2.05, 4.69) is 36.1 Å². The summed E-state index contributed by atoms with van der Waals surface area (Å²) in [6.45, 7) is 4.57. The fourth-order valence-corrected chi connectivity index (χ4v) is 3.25. The molecule has 1 fully saturated rings. The van der Waals surface area contributed by atoms with Crippen LogP contribution in [0.25, 0.3) is 6.08 Å². The van der Waals surface area contributed by atoms with E-state index in [0.717, 1.165) is 38.8 Å². The Bertz CT molecular complexity index is 479. The van der Waals surface area contributed by atoms with Crippen LogP contribution in [0.15, 0.2) is 36.4 Å². The number of hydrogen-bond donors (Lipinski definition) is 1. The molecule has 0 spiro atoms. The van der Waals surface area contributed by atoms with E-state index in [1.165, 1.54) is 5.56 Å². The molecule has 1 heterocycles. The number of aliphatic carboxylic acids is 1. The first kappa shape index (κ1) is 15.8. The maximum atomic E-state index is 11.7. The van der Waals surface area contributed by atoms with Crippen LogP contribution in [0.4, 0.5) is 0 Å². The van der Waals surface area contributed by atoms with Crippen molar-refractivity contribution in [3.63, 3.8) is 0 Å². The lowest BCUT2D eigenvalue weighted by Crippen LogP contribution is -2.47. The summed E-state index contributed by atoms with van der Waals surface area (Å²) in [6.07, 6.45) is 7.75. The zero-order valence-corrected chi connectivity index (χ0v) is 12.8. The second kappa shape index (κ2) is 7.41. The lowest BCUT2D eigenvalue weighted by Gasteiger charge is -2.39. The normalized spacial score (nSPS) is 23.5. The number of carboxylic acid groups (broad SMARTS) is 1. The Kier molecular flexibility index (Phi) is 5.57. The minimum absolute atomic E-state index is 0.534. The van der Waals surface area contributed by atoms with Crippen molar-refractivity contribution in [2.75, 3.05) is 19.6 Å². The van der Waals surface area contributed by atoms with Gasteiger partial charge in [0.2, 0.25) is 0 Å². The van der Waals surface area contributed by atoms with Crippen molar-refractivity contribution in [2.45, 2.75) is 32.6 Å². The maximum Gasteiger partial charge on any atom is 0.310 e. The van der Waals surface area contributed by atoms with E-state index in [0.29, 0.717) is 6.54 Å². The Balaban J connectivity index is 1.95. The minimum Gasteiger partial charge on any atom is -0.481 e. The highest BCUT2D eigenvalue weighted by molar-refractivity contribution is 5.75. The molecule has 2 rings (SSSR count). The maximum absolute atomic E-state index is 11.7. The molecule has 1 aromatic rings. The molecular formula is C18H25NO2. The Hall–Kier alpha value is -1.61. The second-order valence-electron chi connectivity index (χ2n) is 5.99. The van der Waals surface area contributed by atoms with Crippen LogP contribution in [0.5, 0.6) is 0 Å². The summed E-state index contributed by atoms with van der Waals surface area (Å²) in [5, 5.41) is 9.60. The fraction of sp³-hybridized carbons (Fsp3) is 0.500. The zero-order valence-electron chi connectivity index (χ0n) is 12.8. The van der Waals surface area contributed by atoms with E-state index in [-0.39, 0.29) is 0 Å². The summed E-state index contributed by atoms with van der Waals surface area (Å²) in [6, 6.07) is 10.2. The largest absolute Gasteiger partial charge is 0.481 e. The van der Waals surface area contributed by atoms with E-state index < -0.39 is 11.4 Å². The smallest absolute Gasteiger partial charge is 0.310 e. The van der Waals surface area contributed by atoms with Gasteiger partial charge in [0.05, 0.1) is 5.41 Å². The molecule has 0 aromatic heterocycles. The third-order valence-corrected chi connectivity index (χ3v) is 4.31. The molecule has 114 valence electrons. The first-order chi connectivity index (χ1) is 10.2. The first-order valence-corrected chi connectivity index (χ1v) is 7.84. The zero-order chi connectivity index (χ0) is 15.1. The van der Waals surface area contributed by atoms with E-state index in [9.17, 15) is 9.90 Å². The molecule has 1 unspecified atom stereocenters. The Labute approximate surface area is 127 Å². The third-order valence-electron chi connectivity index (χ3n) is 4.31. The highest BCUT2D eigenvalue weighted by Gasteiger charge is 2.41. The third kappa shape index (κ3) is 4.18. The molecule has 1 aliphatic rings. The number of rotatable bonds is 6. The summed E-state index contributed by atoms with van der Waals surface area (Å²) in [7, 11) is 0. The molecule has 0 aliphatic carbocycles. The molecule has 1 saturated heterocycles. The van der Waals surface area contributed by atoms with Gasteiger partial charge in [-0.25, -0.2) is 0 Å². The van der Waals surface area contributed by atoms with Crippen molar-refractivity contribution < 1.29 is 9.90 Å².